The van der Waals surface area contributed by atoms with E-state index in [2.05, 4.69) is 15.5 Å². The molecule has 8 nitrogen and oxygen atoms in total. The van der Waals surface area contributed by atoms with Gasteiger partial charge in [0, 0.05) is 50.4 Å². The van der Waals surface area contributed by atoms with Gasteiger partial charge in [0.15, 0.2) is 0 Å². The molecule has 9 heteroatoms. The molecule has 2 aromatic carbocycles. The van der Waals surface area contributed by atoms with Gasteiger partial charge in [-0.1, -0.05) is 12.1 Å². The number of rotatable bonds is 10. The molecule has 0 radical (unpaired) electrons. The van der Waals surface area contributed by atoms with Crippen molar-refractivity contribution in [3.05, 3.63) is 70.0 Å². The van der Waals surface area contributed by atoms with E-state index in [1.165, 1.54) is 24.3 Å². The smallest absolute Gasteiger partial charge is 0.269 e. The third-order valence-electron chi connectivity index (χ3n) is 5.22. The number of nitrogens with zero attached hydrogens (tertiary/aromatic N) is 2. The molecule has 1 aliphatic rings. The molecular weight excluding hydrogens is 403 g/mol. The Labute approximate surface area is 180 Å². The Kier molecular flexibility index (Phi) is 8.31. The van der Waals surface area contributed by atoms with Gasteiger partial charge in [-0.25, -0.2) is 4.39 Å². The van der Waals surface area contributed by atoms with Crippen LogP contribution in [0.4, 0.5) is 15.8 Å². The molecule has 0 saturated carbocycles. The van der Waals surface area contributed by atoms with Crippen LogP contribution in [0.15, 0.2) is 48.5 Å². The zero-order chi connectivity index (χ0) is 22.1. The summed E-state index contributed by atoms with van der Waals surface area (Å²) >= 11 is 0. The number of anilines is 1. The first-order valence-electron chi connectivity index (χ1n) is 10.4. The zero-order valence-electron chi connectivity index (χ0n) is 17.3. The highest BCUT2D eigenvalue weighted by molar-refractivity contribution is 5.75. The monoisotopic (exact) mass is 430 g/mol. The maximum Gasteiger partial charge on any atom is 0.269 e. The van der Waals surface area contributed by atoms with E-state index in [1.807, 2.05) is 0 Å². The van der Waals surface area contributed by atoms with Gasteiger partial charge >= 0.3 is 0 Å². The summed E-state index contributed by atoms with van der Waals surface area (Å²) in [5, 5.41) is 16.8. The second-order valence-corrected chi connectivity index (χ2v) is 7.35. The van der Waals surface area contributed by atoms with E-state index in [-0.39, 0.29) is 23.5 Å². The molecule has 0 spiro atoms. The van der Waals surface area contributed by atoms with Gasteiger partial charge in [0.25, 0.3) is 5.69 Å². The van der Waals surface area contributed by atoms with Crippen molar-refractivity contribution in [2.75, 3.05) is 44.7 Å². The fourth-order valence-electron chi connectivity index (χ4n) is 3.51. The molecule has 2 aromatic rings. The Bertz CT molecular complexity index is 855. The maximum absolute atomic E-state index is 13.3. The number of nitrogens with one attached hydrogen (secondary N) is 2. The molecule has 1 saturated heterocycles. The summed E-state index contributed by atoms with van der Waals surface area (Å²) in [7, 11) is 0. The summed E-state index contributed by atoms with van der Waals surface area (Å²) in [6.07, 6.45) is 0.987. The summed E-state index contributed by atoms with van der Waals surface area (Å²) in [6.45, 7) is 3.82. The first-order chi connectivity index (χ1) is 15.0. The Hall–Kier alpha value is -3.04. The Morgan fingerprint density at radius 3 is 2.45 bits per heavy atom. The first kappa shape index (κ1) is 22.6. The van der Waals surface area contributed by atoms with Gasteiger partial charge in [-0.15, -0.1) is 0 Å². The number of non-ortho nitro benzene ring substituents is 1. The van der Waals surface area contributed by atoms with E-state index in [4.69, 9.17) is 4.74 Å². The summed E-state index contributed by atoms with van der Waals surface area (Å²) < 4.78 is 18.7. The maximum atomic E-state index is 13.3. The normalized spacial score (nSPS) is 15.3. The number of amides is 1. The van der Waals surface area contributed by atoms with Crippen molar-refractivity contribution in [1.29, 1.82) is 0 Å². The van der Waals surface area contributed by atoms with Gasteiger partial charge in [0.05, 0.1) is 24.2 Å². The van der Waals surface area contributed by atoms with E-state index < -0.39 is 4.92 Å². The van der Waals surface area contributed by atoms with Crippen LogP contribution >= 0.6 is 0 Å². The van der Waals surface area contributed by atoms with Crippen LogP contribution in [-0.4, -0.2) is 55.1 Å². The van der Waals surface area contributed by atoms with Crippen LogP contribution < -0.4 is 10.6 Å². The molecule has 31 heavy (non-hydrogen) atoms. The summed E-state index contributed by atoms with van der Waals surface area (Å²) in [4.78, 5) is 24.8. The zero-order valence-corrected chi connectivity index (χ0v) is 17.3. The number of halogens is 1. The number of nitro groups is 1. The van der Waals surface area contributed by atoms with E-state index in [9.17, 15) is 19.3 Å². The molecule has 1 unspecified atom stereocenters. The number of hydrogen-bond donors (Lipinski definition) is 2. The SMILES string of the molecule is O=C(CCCNc1ccc([N+](=O)[O-])cc1)NCC(c1ccc(F)cc1)N1CCOCC1. The predicted molar refractivity (Wildman–Crippen MR) is 115 cm³/mol. The second kappa shape index (κ2) is 11.4. The lowest BCUT2D eigenvalue weighted by Gasteiger charge is -2.35. The quantitative estimate of drug-likeness (QED) is 0.342. The third-order valence-corrected chi connectivity index (χ3v) is 5.22. The lowest BCUT2D eigenvalue weighted by molar-refractivity contribution is -0.384. The Morgan fingerprint density at radius 1 is 1.13 bits per heavy atom. The molecule has 3 rings (SSSR count). The lowest BCUT2D eigenvalue weighted by Crippen LogP contribution is -2.43. The molecule has 1 amide bonds. The van der Waals surface area contributed by atoms with Crippen LogP contribution in [0.1, 0.15) is 24.4 Å². The Morgan fingerprint density at radius 2 is 1.81 bits per heavy atom. The van der Waals surface area contributed by atoms with Gasteiger partial charge in [-0.2, -0.15) is 0 Å². The molecule has 166 valence electrons. The largest absolute Gasteiger partial charge is 0.385 e. The lowest BCUT2D eigenvalue weighted by atomic mass is 10.0. The topological polar surface area (TPSA) is 96.7 Å². The van der Waals surface area contributed by atoms with Gasteiger partial charge in [0.2, 0.25) is 5.91 Å². The minimum Gasteiger partial charge on any atom is -0.385 e. The molecule has 1 fully saturated rings. The van der Waals surface area contributed by atoms with Crippen molar-refractivity contribution in [2.24, 2.45) is 0 Å². The second-order valence-electron chi connectivity index (χ2n) is 7.35. The van der Waals surface area contributed by atoms with E-state index in [1.54, 1.807) is 24.3 Å². The molecule has 1 atom stereocenters. The van der Waals surface area contributed by atoms with Gasteiger partial charge < -0.3 is 15.4 Å². The fraction of sp³-hybridized carbons (Fsp3) is 0.409. The van der Waals surface area contributed by atoms with E-state index in [0.717, 1.165) is 24.3 Å². The van der Waals surface area contributed by atoms with Crippen molar-refractivity contribution in [3.8, 4) is 0 Å². The van der Waals surface area contributed by atoms with Crippen LogP contribution in [0.3, 0.4) is 0 Å². The minimum absolute atomic E-state index is 0.0355. The highest BCUT2D eigenvalue weighted by atomic mass is 19.1. The van der Waals surface area contributed by atoms with Crippen LogP contribution in [0.5, 0.6) is 0 Å². The van der Waals surface area contributed by atoms with Crippen molar-refractivity contribution in [3.63, 3.8) is 0 Å². The number of morpholine rings is 1. The molecule has 0 aromatic heterocycles. The van der Waals surface area contributed by atoms with E-state index in [0.29, 0.717) is 39.1 Å². The summed E-state index contributed by atoms with van der Waals surface area (Å²) in [5.74, 6) is -0.333. The van der Waals surface area contributed by atoms with Gasteiger partial charge in [0.1, 0.15) is 5.82 Å². The van der Waals surface area contributed by atoms with Gasteiger partial charge in [-0.3, -0.25) is 19.8 Å². The van der Waals surface area contributed by atoms with Crippen LogP contribution in [0, 0.1) is 15.9 Å². The molecule has 2 N–H and O–H groups in total. The molecule has 0 aliphatic carbocycles. The predicted octanol–water partition coefficient (Wildman–Crippen LogP) is 3.12. The van der Waals surface area contributed by atoms with Crippen molar-refractivity contribution in [1.82, 2.24) is 10.2 Å². The van der Waals surface area contributed by atoms with Crippen LogP contribution in [0.2, 0.25) is 0 Å². The number of benzene rings is 2. The first-order valence-corrected chi connectivity index (χ1v) is 10.4. The number of nitro benzene ring substituents is 1. The highest BCUT2D eigenvalue weighted by Crippen LogP contribution is 2.22. The number of carbonyl (C=O) groups excluding carboxylic acids is 1. The van der Waals surface area contributed by atoms with E-state index >= 15 is 0 Å². The van der Waals surface area contributed by atoms with Crippen molar-refractivity contribution < 1.29 is 18.8 Å². The number of carbonyl (C=O) groups is 1. The van der Waals surface area contributed by atoms with Crippen LogP contribution in [0.25, 0.3) is 0 Å². The number of ether oxygens (including phenoxy) is 1. The number of hydrogen-bond acceptors (Lipinski definition) is 6. The molecule has 0 bridgehead atoms. The molecular formula is C22H27FN4O4. The van der Waals surface area contributed by atoms with Crippen molar-refractivity contribution >= 4 is 17.3 Å². The Balaban J connectivity index is 1.44. The highest BCUT2D eigenvalue weighted by Gasteiger charge is 2.23. The molecule has 1 aliphatic heterocycles. The van der Waals surface area contributed by atoms with Crippen molar-refractivity contribution in [2.45, 2.75) is 18.9 Å². The third kappa shape index (κ3) is 7.01. The summed E-state index contributed by atoms with van der Waals surface area (Å²) in [6, 6.07) is 12.5. The molecule has 1 heterocycles. The minimum atomic E-state index is -0.440. The fourth-order valence-corrected chi connectivity index (χ4v) is 3.51. The van der Waals surface area contributed by atoms with Crippen LogP contribution in [-0.2, 0) is 9.53 Å². The van der Waals surface area contributed by atoms with Gasteiger partial charge in [-0.05, 0) is 36.2 Å². The standard InChI is InChI=1S/C22H27FN4O4/c23-18-5-3-17(4-6-18)21(26-12-14-31-15-13-26)16-25-22(28)2-1-11-24-19-7-9-20(10-8-19)27(29)30/h3-10,21,24H,1-2,11-16H2,(H,25,28). The average molecular weight is 430 g/mol. The summed E-state index contributed by atoms with van der Waals surface area (Å²) in [5.41, 5.74) is 1.78. The average Bonchev–Trinajstić information content (AvgIpc) is 2.79.